The van der Waals surface area contributed by atoms with Crippen LogP contribution in [0.2, 0.25) is 0 Å². The van der Waals surface area contributed by atoms with Gasteiger partial charge in [0, 0.05) is 0 Å². The zero-order valence-electron chi connectivity index (χ0n) is 3.44. The lowest BCUT2D eigenvalue weighted by Crippen LogP contribution is -2.02. The molecule has 0 fully saturated rings. The lowest BCUT2D eigenvalue weighted by molar-refractivity contribution is -0.838. The van der Waals surface area contributed by atoms with Gasteiger partial charge in [0.2, 0.25) is 0 Å². The van der Waals surface area contributed by atoms with E-state index in [1.165, 1.54) is 0 Å². The molecule has 0 N–H and O–H groups in total. The second-order valence-electron chi connectivity index (χ2n) is 0.647. The molecule has 0 amide bonds. The molecule has 0 aromatic rings. The van der Waals surface area contributed by atoms with Gasteiger partial charge in [-0.3, -0.25) is 0 Å². The Bertz CT molecular complexity index is 97.0. The molecule has 0 bridgehead atoms. The Morgan fingerprint density at radius 3 is 2.38 bits per heavy atom. The van der Waals surface area contributed by atoms with Crippen LogP contribution in [0.3, 0.4) is 0 Å². The van der Waals surface area contributed by atoms with Gasteiger partial charge >= 0.3 is 10.4 Å². The van der Waals surface area contributed by atoms with Crippen LogP contribution in [0.25, 0.3) is 0 Å². The van der Waals surface area contributed by atoms with Gasteiger partial charge in [-0.05, 0) is 0 Å². The molecule has 0 radical (unpaired) electrons. The summed E-state index contributed by atoms with van der Waals surface area (Å²) >= 11 is 2.98. The molecule has 0 aliphatic carbocycles. The topological polar surface area (TPSA) is 78.7 Å². The molecule has 0 saturated carbocycles. The van der Waals surface area contributed by atoms with E-state index in [9.17, 15) is 14.9 Å². The minimum Gasteiger partial charge on any atom is -0.249 e. The van der Waals surface area contributed by atoms with E-state index in [0.717, 1.165) is 0 Å². The average molecular weight is 139 g/mol. The highest BCUT2D eigenvalue weighted by molar-refractivity contribution is 7.96. The zero-order chi connectivity index (χ0) is 6.57. The molecule has 0 spiro atoms. The first-order valence-corrected chi connectivity index (χ1v) is 1.79. The fourth-order valence-electron chi connectivity index (χ4n) is 0.0623. The van der Waals surface area contributed by atoms with E-state index in [0.29, 0.717) is 0 Å². The summed E-state index contributed by atoms with van der Waals surface area (Å²) in [4.78, 5) is 25.2. The molecule has 7 heteroatoms. The monoisotopic (exact) mass is 139 g/mol. The fourth-order valence-corrected chi connectivity index (χ4v) is 0.0956. The van der Waals surface area contributed by atoms with Crippen molar-refractivity contribution in [1.29, 1.82) is 0 Å². The summed E-state index contributed by atoms with van der Waals surface area (Å²) in [6.45, 7) is 0. The number of nitrogens with zero attached hydrogens (tertiary/aromatic N) is 1. The van der Waals surface area contributed by atoms with Gasteiger partial charge in [-0.25, -0.2) is 9.68 Å². The van der Waals surface area contributed by atoms with Crippen molar-refractivity contribution in [1.82, 2.24) is 0 Å². The molecule has 0 unspecified atom stereocenters. The third kappa shape index (κ3) is 5.02. The molecule has 0 aliphatic heterocycles. The zero-order valence-corrected chi connectivity index (χ0v) is 4.33. The Morgan fingerprint density at radius 2 is 2.25 bits per heavy atom. The van der Waals surface area contributed by atoms with Crippen molar-refractivity contribution in [2.75, 3.05) is 0 Å². The fraction of sp³-hybridized carbons (Fsp3) is 0. The highest BCUT2D eigenvalue weighted by Gasteiger charge is 1.97. The summed E-state index contributed by atoms with van der Waals surface area (Å²) in [5, 5.41) is 6.74. The van der Waals surface area contributed by atoms with Crippen LogP contribution in [-0.2, 0) is 9.88 Å². The van der Waals surface area contributed by atoms with E-state index < -0.39 is 10.4 Å². The molecule has 0 saturated heterocycles. The van der Waals surface area contributed by atoms with Crippen LogP contribution < -0.4 is 0 Å². The van der Waals surface area contributed by atoms with Gasteiger partial charge in [0.25, 0.3) is 0 Å². The third-order valence-corrected chi connectivity index (χ3v) is 0.244. The number of hydrogen-bond acceptors (Lipinski definition) is 5. The molecular formula is CHNO5S. The standard InChI is InChI=1S/CHNO5S/c3-1(8)6-7-2(4)5/h(H,3,8). The Morgan fingerprint density at radius 1 is 1.75 bits per heavy atom. The van der Waals surface area contributed by atoms with Gasteiger partial charge in [0.15, 0.2) is 0 Å². The second kappa shape index (κ2) is 3.08. The van der Waals surface area contributed by atoms with Gasteiger partial charge in [0.1, 0.15) is 0 Å². The minimum atomic E-state index is -1.27. The maximum absolute atomic E-state index is 9.56. The van der Waals surface area contributed by atoms with Crippen LogP contribution in [0.1, 0.15) is 0 Å². The van der Waals surface area contributed by atoms with E-state index in [-0.39, 0.29) is 0 Å². The molecular weight excluding hydrogens is 138 g/mol. The van der Waals surface area contributed by atoms with Gasteiger partial charge in [-0.2, -0.15) is 0 Å². The molecule has 0 heterocycles. The van der Waals surface area contributed by atoms with Gasteiger partial charge in [-0.15, -0.1) is 10.1 Å². The highest BCUT2D eigenvalue weighted by Crippen LogP contribution is 1.85. The first-order chi connectivity index (χ1) is 3.63. The minimum absolute atomic E-state index is 1.17. The van der Waals surface area contributed by atoms with E-state index in [2.05, 4.69) is 22.5 Å². The Hall–Kier alpha value is -0.980. The van der Waals surface area contributed by atoms with Crippen LogP contribution in [-0.4, -0.2) is 10.4 Å². The van der Waals surface area contributed by atoms with Crippen LogP contribution in [0.15, 0.2) is 0 Å². The molecule has 0 aromatic heterocycles. The maximum atomic E-state index is 9.56. The SMILES string of the molecule is O=C(S)OO[N+](=O)[O-]. The van der Waals surface area contributed by atoms with Crippen LogP contribution in [0.5, 0.6) is 0 Å². The lowest BCUT2D eigenvalue weighted by Gasteiger charge is -1.88. The normalized spacial score (nSPS) is 7.62. The van der Waals surface area contributed by atoms with Crippen molar-refractivity contribution in [2.45, 2.75) is 0 Å². The predicted octanol–water partition coefficient (Wildman–Crippen LogP) is 0.176. The van der Waals surface area contributed by atoms with E-state index in [4.69, 9.17) is 0 Å². The first kappa shape index (κ1) is 7.02. The maximum Gasteiger partial charge on any atom is 0.398 e. The number of carbonyl (C=O) groups excluding carboxylic acids is 1. The molecule has 0 atom stereocenters. The lowest BCUT2D eigenvalue weighted by atomic mass is 11.6. The van der Waals surface area contributed by atoms with Gasteiger partial charge in [0.05, 0.1) is 0 Å². The number of carbonyl (C=O) groups is 1. The summed E-state index contributed by atoms with van der Waals surface area (Å²) in [5.74, 6) is 0. The van der Waals surface area contributed by atoms with Crippen LogP contribution in [0.4, 0.5) is 4.79 Å². The predicted molar refractivity (Wildman–Crippen MR) is 23.5 cm³/mol. The van der Waals surface area contributed by atoms with Gasteiger partial charge in [-0.1, -0.05) is 17.6 Å². The van der Waals surface area contributed by atoms with Crippen molar-refractivity contribution in [3.63, 3.8) is 0 Å². The van der Waals surface area contributed by atoms with Crippen molar-refractivity contribution >= 4 is 17.9 Å². The second-order valence-corrected chi connectivity index (χ2v) is 1.01. The first-order valence-electron chi connectivity index (χ1n) is 1.35. The quantitative estimate of drug-likeness (QED) is 0.255. The van der Waals surface area contributed by atoms with E-state index >= 15 is 0 Å². The van der Waals surface area contributed by atoms with E-state index in [1.54, 1.807) is 0 Å². The summed E-state index contributed by atoms with van der Waals surface area (Å²) in [7, 11) is 0. The summed E-state index contributed by atoms with van der Waals surface area (Å²) in [6.07, 6.45) is 0. The smallest absolute Gasteiger partial charge is 0.249 e. The average Bonchev–Trinajstić information content (AvgIpc) is 1.61. The summed E-state index contributed by atoms with van der Waals surface area (Å²) in [5.41, 5.74) is 0. The van der Waals surface area contributed by atoms with Crippen molar-refractivity contribution in [3.05, 3.63) is 10.1 Å². The van der Waals surface area contributed by atoms with E-state index in [1.807, 2.05) is 0 Å². The summed E-state index contributed by atoms with van der Waals surface area (Å²) < 4.78 is 0. The van der Waals surface area contributed by atoms with Crippen molar-refractivity contribution < 1.29 is 19.8 Å². The highest BCUT2D eigenvalue weighted by atomic mass is 32.1. The summed E-state index contributed by atoms with van der Waals surface area (Å²) in [6, 6.07) is 0. The molecule has 6 nitrogen and oxygen atoms in total. The Balaban J connectivity index is 3.18. The Kier molecular flexibility index (Phi) is 2.70. The molecule has 0 aliphatic rings. The largest absolute Gasteiger partial charge is 0.398 e. The number of hydrogen-bond donors (Lipinski definition) is 1. The molecule has 46 valence electrons. The molecule has 0 rings (SSSR count). The van der Waals surface area contributed by atoms with Crippen molar-refractivity contribution in [2.24, 2.45) is 0 Å². The van der Waals surface area contributed by atoms with Crippen molar-refractivity contribution in [3.8, 4) is 0 Å². The molecule has 8 heavy (non-hydrogen) atoms. The number of rotatable bonds is 2. The Labute approximate surface area is 48.8 Å². The van der Waals surface area contributed by atoms with Crippen LogP contribution >= 0.6 is 12.6 Å². The third-order valence-electron chi connectivity index (χ3n) is 0.169. The van der Waals surface area contributed by atoms with Gasteiger partial charge < -0.3 is 0 Å². The van der Waals surface area contributed by atoms with Crippen LogP contribution in [0, 0.1) is 10.1 Å². The number of thiol groups is 1. The molecule has 0 aromatic carbocycles.